The molecule has 2 aromatic carbocycles. The SMILES string of the molecule is Cc1ccc(C)c(OCCC(=O)Nc2ncc(Cc3ccc(Cl)cc3)s2)c1. The van der Waals surface area contributed by atoms with Gasteiger partial charge in [-0.25, -0.2) is 4.98 Å². The Bertz CT molecular complexity index is 922. The van der Waals surface area contributed by atoms with Crippen molar-refractivity contribution in [2.45, 2.75) is 26.7 Å². The summed E-state index contributed by atoms with van der Waals surface area (Å²) in [5.41, 5.74) is 3.35. The van der Waals surface area contributed by atoms with E-state index in [4.69, 9.17) is 16.3 Å². The molecule has 0 saturated carbocycles. The molecule has 0 unspecified atom stereocenters. The van der Waals surface area contributed by atoms with Crippen molar-refractivity contribution in [1.29, 1.82) is 0 Å². The average molecular weight is 401 g/mol. The third kappa shape index (κ3) is 5.81. The molecule has 1 aromatic heterocycles. The van der Waals surface area contributed by atoms with E-state index in [9.17, 15) is 4.79 Å². The Morgan fingerprint density at radius 3 is 2.74 bits per heavy atom. The fourth-order valence-electron chi connectivity index (χ4n) is 2.55. The van der Waals surface area contributed by atoms with Crippen LogP contribution >= 0.6 is 22.9 Å². The first-order valence-corrected chi connectivity index (χ1v) is 9.88. The Kier molecular flexibility index (Phi) is 6.48. The van der Waals surface area contributed by atoms with Crippen LogP contribution < -0.4 is 10.1 Å². The molecule has 4 nitrogen and oxygen atoms in total. The Morgan fingerprint density at radius 2 is 1.96 bits per heavy atom. The van der Waals surface area contributed by atoms with Gasteiger partial charge in [0.05, 0.1) is 13.0 Å². The predicted molar refractivity (Wildman–Crippen MR) is 111 cm³/mol. The molecule has 6 heteroatoms. The first kappa shape index (κ1) is 19.4. The van der Waals surface area contributed by atoms with Crippen molar-refractivity contribution in [3.8, 4) is 5.75 Å². The minimum atomic E-state index is -0.104. The fourth-order valence-corrected chi connectivity index (χ4v) is 3.54. The Morgan fingerprint density at radius 1 is 1.19 bits per heavy atom. The van der Waals surface area contributed by atoms with Gasteiger partial charge in [0.1, 0.15) is 5.75 Å². The minimum Gasteiger partial charge on any atom is -0.493 e. The highest BCUT2D eigenvalue weighted by atomic mass is 35.5. The molecular weight excluding hydrogens is 380 g/mol. The van der Waals surface area contributed by atoms with Crippen molar-refractivity contribution in [2.24, 2.45) is 0 Å². The number of hydrogen-bond acceptors (Lipinski definition) is 4. The van der Waals surface area contributed by atoms with Gasteiger partial charge in [0.15, 0.2) is 5.13 Å². The second-order valence-electron chi connectivity index (χ2n) is 6.35. The molecule has 1 N–H and O–H groups in total. The zero-order chi connectivity index (χ0) is 19.2. The van der Waals surface area contributed by atoms with Gasteiger partial charge in [0, 0.05) is 22.5 Å². The summed E-state index contributed by atoms with van der Waals surface area (Å²) in [6.45, 7) is 4.34. The van der Waals surface area contributed by atoms with Gasteiger partial charge in [-0.15, -0.1) is 11.3 Å². The Balaban J connectivity index is 1.47. The molecule has 1 amide bonds. The standard InChI is InChI=1S/C21H21ClN2O2S/c1-14-3-4-15(2)19(11-14)26-10-9-20(25)24-21-23-13-18(27-21)12-16-5-7-17(22)8-6-16/h3-8,11,13H,9-10,12H2,1-2H3,(H,23,24,25). The van der Waals surface area contributed by atoms with E-state index in [1.54, 1.807) is 6.20 Å². The van der Waals surface area contributed by atoms with E-state index in [-0.39, 0.29) is 12.3 Å². The number of carbonyl (C=O) groups is 1. The molecule has 0 bridgehead atoms. The van der Waals surface area contributed by atoms with E-state index >= 15 is 0 Å². The van der Waals surface area contributed by atoms with Gasteiger partial charge in [0.25, 0.3) is 0 Å². The van der Waals surface area contributed by atoms with Crippen molar-refractivity contribution in [3.05, 3.63) is 75.3 Å². The Labute approximate surface area is 168 Å². The maximum Gasteiger partial charge on any atom is 0.229 e. The van der Waals surface area contributed by atoms with Gasteiger partial charge in [-0.2, -0.15) is 0 Å². The Hall–Kier alpha value is -2.37. The molecule has 1 heterocycles. The van der Waals surface area contributed by atoms with Crippen LogP contribution in [0.25, 0.3) is 0 Å². The lowest BCUT2D eigenvalue weighted by atomic mass is 10.1. The number of halogens is 1. The summed E-state index contributed by atoms with van der Waals surface area (Å²) in [6, 6.07) is 13.8. The van der Waals surface area contributed by atoms with E-state index in [0.717, 1.165) is 38.8 Å². The fraction of sp³-hybridized carbons (Fsp3) is 0.238. The number of aromatic nitrogens is 1. The predicted octanol–water partition coefficient (Wildman–Crippen LogP) is 5.41. The molecule has 0 fully saturated rings. The highest BCUT2D eigenvalue weighted by molar-refractivity contribution is 7.15. The largest absolute Gasteiger partial charge is 0.493 e. The van der Waals surface area contributed by atoms with Gasteiger partial charge in [-0.3, -0.25) is 4.79 Å². The number of aryl methyl sites for hydroxylation is 2. The van der Waals surface area contributed by atoms with Crippen LogP contribution in [0.15, 0.2) is 48.7 Å². The van der Waals surface area contributed by atoms with Crippen LogP contribution in [0.1, 0.15) is 28.0 Å². The van der Waals surface area contributed by atoms with Crippen LogP contribution in [0.5, 0.6) is 5.75 Å². The topological polar surface area (TPSA) is 51.2 Å². The molecule has 0 radical (unpaired) electrons. The van der Waals surface area contributed by atoms with Crippen LogP contribution in [0.3, 0.4) is 0 Å². The minimum absolute atomic E-state index is 0.104. The summed E-state index contributed by atoms with van der Waals surface area (Å²) >= 11 is 7.38. The van der Waals surface area contributed by atoms with E-state index in [2.05, 4.69) is 10.3 Å². The summed E-state index contributed by atoms with van der Waals surface area (Å²) in [5.74, 6) is 0.718. The highest BCUT2D eigenvalue weighted by Gasteiger charge is 2.08. The van der Waals surface area contributed by atoms with Crippen LogP contribution in [-0.2, 0) is 11.2 Å². The van der Waals surface area contributed by atoms with Gasteiger partial charge in [0.2, 0.25) is 5.91 Å². The molecule has 27 heavy (non-hydrogen) atoms. The monoisotopic (exact) mass is 400 g/mol. The summed E-state index contributed by atoms with van der Waals surface area (Å²) < 4.78 is 5.73. The number of nitrogens with zero attached hydrogens (tertiary/aromatic N) is 1. The molecule has 0 aliphatic carbocycles. The number of amides is 1. The van der Waals surface area contributed by atoms with Crippen molar-refractivity contribution in [2.75, 3.05) is 11.9 Å². The number of thiazole rings is 1. The number of anilines is 1. The number of nitrogens with one attached hydrogen (secondary N) is 1. The number of ether oxygens (including phenoxy) is 1. The smallest absolute Gasteiger partial charge is 0.229 e. The first-order valence-electron chi connectivity index (χ1n) is 8.68. The van der Waals surface area contributed by atoms with Gasteiger partial charge < -0.3 is 10.1 Å². The van der Waals surface area contributed by atoms with Crippen molar-refractivity contribution >= 4 is 34.0 Å². The molecule has 0 aliphatic heterocycles. The first-order chi connectivity index (χ1) is 13.0. The van der Waals surface area contributed by atoms with E-state index in [1.165, 1.54) is 11.3 Å². The lowest BCUT2D eigenvalue weighted by Gasteiger charge is -2.09. The molecule has 3 aromatic rings. The molecule has 0 atom stereocenters. The lowest BCUT2D eigenvalue weighted by molar-refractivity contribution is -0.116. The lowest BCUT2D eigenvalue weighted by Crippen LogP contribution is -2.15. The van der Waals surface area contributed by atoms with E-state index in [0.29, 0.717) is 11.7 Å². The molecule has 140 valence electrons. The number of rotatable bonds is 7. The van der Waals surface area contributed by atoms with Gasteiger partial charge >= 0.3 is 0 Å². The number of benzene rings is 2. The third-order valence-corrected chi connectivity index (χ3v) is 5.19. The summed E-state index contributed by atoms with van der Waals surface area (Å²) in [6.07, 6.45) is 2.83. The van der Waals surface area contributed by atoms with Gasteiger partial charge in [-0.1, -0.05) is 35.9 Å². The van der Waals surface area contributed by atoms with E-state index in [1.807, 2.05) is 56.3 Å². The van der Waals surface area contributed by atoms with Crippen LogP contribution in [0.2, 0.25) is 5.02 Å². The molecular formula is C21H21ClN2O2S. The maximum atomic E-state index is 12.1. The maximum absolute atomic E-state index is 12.1. The second-order valence-corrected chi connectivity index (χ2v) is 7.90. The van der Waals surface area contributed by atoms with E-state index < -0.39 is 0 Å². The summed E-state index contributed by atoms with van der Waals surface area (Å²) in [4.78, 5) is 17.5. The highest BCUT2D eigenvalue weighted by Crippen LogP contribution is 2.22. The second kappa shape index (κ2) is 9.02. The normalized spacial score (nSPS) is 10.6. The van der Waals surface area contributed by atoms with Crippen molar-refractivity contribution in [3.63, 3.8) is 0 Å². The van der Waals surface area contributed by atoms with Gasteiger partial charge in [-0.05, 0) is 48.7 Å². The van der Waals surface area contributed by atoms with Crippen molar-refractivity contribution < 1.29 is 9.53 Å². The summed E-state index contributed by atoms with van der Waals surface area (Å²) in [5, 5.41) is 4.17. The number of carbonyl (C=O) groups excluding carboxylic acids is 1. The van der Waals surface area contributed by atoms with Crippen LogP contribution in [0.4, 0.5) is 5.13 Å². The third-order valence-electron chi connectivity index (χ3n) is 4.02. The van der Waals surface area contributed by atoms with Crippen molar-refractivity contribution in [1.82, 2.24) is 4.98 Å². The molecule has 0 spiro atoms. The zero-order valence-electron chi connectivity index (χ0n) is 15.3. The zero-order valence-corrected chi connectivity index (χ0v) is 16.9. The number of hydrogen-bond donors (Lipinski definition) is 1. The van der Waals surface area contributed by atoms with Crippen LogP contribution in [-0.4, -0.2) is 17.5 Å². The molecule has 0 aliphatic rings. The quantitative estimate of drug-likeness (QED) is 0.576. The molecule has 0 saturated heterocycles. The average Bonchev–Trinajstić information content (AvgIpc) is 3.07. The van der Waals surface area contributed by atoms with Crippen LogP contribution in [0, 0.1) is 13.8 Å². The summed E-state index contributed by atoms with van der Waals surface area (Å²) in [7, 11) is 0. The molecule has 3 rings (SSSR count).